The summed E-state index contributed by atoms with van der Waals surface area (Å²) in [5, 5.41) is 14.1. The number of amidine groups is 1. The van der Waals surface area contributed by atoms with Crippen molar-refractivity contribution in [3.63, 3.8) is 0 Å². The van der Waals surface area contributed by atoms with E-state index >= 15 is 0 Å². The average Bonchev–Trinajstić information content (AvgIpc) is 1.82. The molecule has 0 aliphatic carbocycles. The first kappa shape index (κ1) is 8.07. The van der Waals surface area contributed by atoms with E-state index in [4.69, 9.17) is 5.41 Å². The van der Waals surface area contributed by atoms with E-state index in [-0.39, 0.29) is 5.92 Å². The highest BCUT2D eigenvalue weighted by atomic mass is 15.4. The Bertz CT molecular complexity index is 116. The highest BCUT2D eigenvalue weighted by Crippen LogP contribution is 1.89. The normalized spacial score (nSPS) is 10.7. The lowest BCUT2D eigenvalue weighted by molar-refractivity contribution is 0.775. The van der Waals surface area contributed by atoms with Gasteiger partial charge in [0.05, 0.1) is 7.05 Å². The molecule has 0 saturated carbocycles. The molecule has 4 heteroatoms. The monoisotopic (exact) mass is 128 g/mol. The van der Waals surface area contributed by atoms with Gasteiger partial charge in [-0.15, -0.1) is 0 Å². The van der Waals surface area contributed by atoms with Crippen LogP contribution in [0.3, 0.4) is 0 Å². The summed E-state index contributed by atoms with van der Waals surface area (Å²) in [5.74, 6) is 0.580. The van der Waals surface area contributed by atoms with Crippen molar-refractivity contribution in [3.8, 4) is 0 Å². The Hall–Kier alpha value is -0.930. The fourth-order valence-electron chi connectivity index (χ4n) is 0.233. The average molecular weight is 128 g/mol. The molecular formula is C5H12N4. The van der Waals surface area contributed by atoms with E-state index in [0.29, 0.717) is 5.84 Å². The van der Waals surface area contributed by atoms with E-state index in [1.54, 1.807) is 7.05 Å². The van der Waals surface area contributed by atoms with Crippen LogP contribution in [-0.4, -0.2) is 12.9 Å². The summed E-state index contributed by atoms with van der Waals surface area (Å²) in [6.07, 6.45) is 0. The fraction of sp³-hybridized carbons (Fsp3) is 0.800. The molecule has 0 aliphatic heterocycles. The lowest BCUT2D eigenvalue weighted by atomic mass is 10.2. The molecule has 0 spiro atoms. The molecule has 0 rings (SSSR count). The Morgan fingerprint density at radius 3 is 2.44 bits per heavy atom. The molecule has 0 fully saturated rings. The molecule has 2 N–H and O–H groups in total. The minimum Gasteiger partial charge on any atom is -0.287 e. The highest BCUT2D eigenvalue weighted by Gasteiger charge is 1.98. The lowest BCUT2D eigenvalue weighted by Crippen LogP contribution is -2.21. The van der Waals surface area contributed by atoms with Crippen LogP contribution in [0.15, 0.2) is 10.3 Å². The summed E-state index contributed by atoms with van der Waals surface area (Å²) in [6, 6.07) is 0. The highest BCUT2D eigenvalue weighted by molar-refractivity contribution is 5.80. The second-order valence-electron chi connectivity index (χ2n) is 1.98. The first-order valence-corrected chi connectivity index (χ1v) is 2.81. The second-order valence-corrected chi connectivity index (χ2v) is 1.98. The molecule has 52 valence electrons. The zero-order chi connectivity index (χ0) is 7.28. The molecular weight excluding hydrogens is 116 g/mol. The van der Waals surface area contributed by atoms with Gasteiger partial charge in [0.25, 0.3) is 0 Å². The van der Waals surface area contributed by atoms with Crippen LogP contribution in [-0.2, 0) is 0 Å². The molecule has 0 atom stereocenters. The number of nitrogens with one attached hydrogen (secondary N) is 2. The molecule has 0 aromatic rings. The first-order chi connectivity index (χ1) is 4.18. The summed E-state index contributed by atoms with van der Waals surface area (Å²) in [6.45, 7) is 3.83. The van der Waals surface area contributed by atoms with Crippen molar-refractivity contribution < 1.29 is 0 Å². The van der Waals surface area contributed by atoms with Gasteiger partial charge in [-0.25, -0.2) is 5.43 Å². The Kier molecular flexibility index (Phi) is 3.59. The van der Waals surface area contributed by atoms with Gasteiger partial charge in [-0.1, -0.05) is 19.1 Å². The third kappa shape index (κ3) is 3.64. The largest absolute Gasteiger partial charge is 0.287 e. The second kappa shape index (κ2) is 4.00. The van der Waals surface area contributed by atoms with Crippen molar-refractivity contribution in [1.29, 1.82) is 5.41 Å². The van der Waals surface area contributed by atoms with E-state index < -0.39 is 0 Å². The van der Waals surface area contributed by atoms with E-state index in [1.165, 1.54) is 0 Å². The van der Waals surface area contributed by atoms with Crippen LogP contribution in [0.2, 0.25) is 0 Å². The van der Waals surface area contributed by atoms with Crippen molar-refractivity contribution >= 4 is 5.84 Å². The lowest BCUT2D eigenvalue weighted by Gasteiger charge is -2.02. The predicted molar refractivity (Wildman–Crippen MR) is 36.5 cm³/mol. The Balaban J connectivity index is 3.51. The minimum absolute atomic E-state index is 0.190. The molecule has 0 heterocycles. The maximum atomic E-state index is 7.18. The standard InChI is InChI=1S/C5H12N4/c1-4(2)5(6)8-9-7-3/h4H,1-3H3,(H2,6,7,8). The van der Waals surface area contributed by atoms with Crippen molar-refractivity contribution in [3.05, 3.63) is 0 Å². The van der Waals surface area contributed by atoms with Crippen LogP contribution in [0.4, 0.5) is 0 Å². The quantitative estimate of drug-likeness (QED) is 0.249. The topological polar surface area (TPSA) is 60.6 Å². The Labute approximate surface area is 54.9 Å². The van der Waals surface area contributed by atoms with Gasteiger partial charge >= 0.3 is 0 Å². The molecule has 0 bridgehead atoms. The molecule has 0 amide bonds. The van der Waals surface area contributed by atoms with Gasteiger partial charge in [-0.05, 0) is 0 Å². The minimum atomic E-state index is 0.190. The van der Waals surface area contributed by atoms with Gasteiger partial charge in [-0.3, -0.25) is 5.41 Å². The SMILES string of the molecule is CN=NNC(=N)C(C)C. The number of hydrogen-bond acceptors (Lipinski definition) is 3. The smallest absolute Gasteiger partial charge is 0.118 e. The first-order valence-electron chi connectivity index (χ1n) is 2.81. The summed E-state index contributed by atoms with van der Waals surface area (Å²) in [7, 11) is 1.56. The van der Waals surface area contributed by atoms with Gasteiger partial charge in [0.15, 0.2) is 0 Å². The fourth-order valence-corrected chi connectivity index (χ4v) is 0.233. The van der Waals surface area contributed by atoms with Crippen LogP contribution in [0.25, 0.3) is 0 Å². The van der Waals surface area contributed by atoms with E-state index in [9.17, 15) is 0 Å². The van der Waals surface area contributed by atoms with Crippen LogP contribution < -0.4 is 5.43 Å². The van der Waals surface area contributed by atoms with Gasteiger partial charge in [-0.2, -0.15) is 5.11 Å². The zero-order valence-corrected chi connectivity index (χ0v) is 5.97. The third-order valence-electron chi connectivity index (χ3n) is 0.848. The van der Waals surface area contributed by atoms with Crippen LogP contribution in [0.1, 0.15) is 13.8 Å². The molecule has 0 unspecified atom stereocenters. The van der Waals surface area contributed by atoms with Crippen molar-refractivity contribution in [1.82, 2.24) is 5.43 Å². The summed E-state index contributed by atoms with van der Waals surface area (Å²) < 4.78 is 0. The Morgan fingerprint density at radius 1 is 1.56 bits per heavy atom. The summed E-state index contributed by atoms with van der Waals surface area (Å²) in [4.78, 5) is 0. The van der Waals surface area contributed by atoms with Crippen LogP contribution in [0, 0.1) is 11.3 Å². The predicted octanol–water partition coefficient (Wildman–Crippen LogP) is 1.21. The van der Waals surface area contributed by atoms with Gasteiger partial charge in [0, 0.05) is 5.92 Å². The maximum Gasteiger partial charge on any atom is 0.118 e. The summed E-state index contributed by atoms with van der Waals surface area (Å²) in [5.41, 5.74) is 2.47. The third-order valence-corrected chi connectivity index (χ3v) is 0.848. The zero-order valence-electron chi connectivity index (χ0n) is 5.97. The number of rotatable bonds is 2. The number of hydrogen-bond donors (Lipinski definition) is 2. The molecule has 4 nitrogen and oxygen atoms in total. The molecule has 0 aliphatic rings. The van der Waals surface area contributed by atoms with Crippen LogP contribution in [0.5, 0.6) is 0 Å². The van der Waals surface area contributed by atoms with Gasteiger partial charge < -0.3 is 0 Å². The summed E-state index contributed by atoms with van der Waals surface area (Å²) >= 11 is 0. The Morgan fingerprint density at radius 2 is 2.11 bits per heavy atom. The van der Waals surface area contributed by atoms with E-state index in [0.717, 1.165) is 0 Å². The molecule has 0 saturated heterocycles. The molecule has 0 radical (unpaired) electrons. The number of nitrogens with zero attached hydrogens (tertiary/aromatic N) is 2. The molecule has 0 aromatic carbocycles. The van der Waals surface area contributed by atoms with Gasteiger partial charge in [0.1, 0.15) is 5.84 Å². The van der Waals surface area contributed by atoms with Crippen LogP contribution >= 0.6 is 0 Å². The van der Waals surface area contributed by atoms with E-state index in [1.807, 2.05) is 13.8 Å². The maximum absolute atomic E-state index is 7.18. The van der Waals surface area contributed by atoms with E-state index in [2.05, 4.69) is 15.8 Å². The van der Waals surface area contributed by atoms with Crippen molar-refractivity contribution in [2.24, 2.45) is 16.3 Å². The molecule has 9 heavy (non-hydrogen) atoms. The van der Waals surface area contributed by atoms with Crippen molar-refractivity contribution in [2.75, 3.05) is 7.05 Å². The molecule has 0 aromatic heterocycles. The van der Waals surface area contributed by atoms with Crippen molar-refractivity contribution in [2.45, 2.75) is 13.8 Å². The van der Waals surface area contributed by atoms with Gasteiger partial charge in [0.2, 0.25) is 0 Å².